The number of fused-ring (bicyclic) bond motifs is 2. The number of hydrogen-bond donors (Lipinski definition) is 0. The highest BCUT2D eigenvalue weighted by molar-refractivity contribution is 9.10. The zero-order valence-corrected chi connectivity index (χ0v) is 13.1. The van der Waals surface area contributed by atoms with Gasteiger partial charge in [-0.15, -0.1) is 11.3 Å². The van der Waals surface area contributed by atoms with E-state index in [1.807, 2.05) is 40.4 Å². The normalized spacial score (nSPS) is 11.5. The summed E-state index contributed by atoms with van der Waals surface area (Å²) in [6.45, 7) is 0. The molecule has 4 nitrogen and oxygen atoms in total. The highest BCUT2D eigenvalue weighted by atomic mass is 79.9. The molecule has 3 aromatic heterocycles. The molecule has 0 spiro atoms. The van der Waals surface area contributed by atoms with Gasteiger partial charge in [0.1, 0.15) is 5.58 Å². The maximum atomic E-state index is 12.3. The van der Waals surface area contributed by atoms with E-state index in [0.717, 1.165) is 20.5 Å². The molecule has 0 N–H and O–H groups in total. The van der Waals surface area contributed by atoms with Crippen molar-refractivity contribution in [2.75, 3.05) is 0 Å². The Hall–Kier alpha value is -1.92. The van der Waals surface area contributed by atoms with Crippen LogP contribution in [0.4, 0.5) is 0 Å². The summed E-state index contributed by atoms with van der Waals surface area (Å²) in [5, 5.41) is 2.88. The molecular weight excluding hydrogens is 352 g/mol. The number of aromatic nitrogens is 2. The van der Waals surface area contributed by atoms with Gasteiger partial charge >= 0.3 is 0 Å². The highest BCUT2D eigenvalue weighted by Gasteiger charge is 2.16. The van der Waals surface area contributed by atoms with E-state index < -0.39 is 0 Å². The quantitative estimate of drug-likeness (QED) is 0.511. The lowest BCUT2D eigenvalue weighted by atomic mass is 10.2. The summed E-state index contributed by atoms with van der Waals surface area (Å²) < 4.78 is 8.43. The lowest BCUT2D eigenvalue weighted by Gasteiger charge is -1.93. The lowest BCUT2D eigenvalue weighted by Crippen LogP contribution is -2.02. The molecule has 4 rings (SSSR count). The third-order valence-electron chi connectivity index (χ3n) is 3.26. The molecule has 0 radical (unpaired) electrons. The van der Waals surface area contributed by atoms with E-state index in [9.17, 15) is 4.79 Å². The lowest BCUT2D eigenvalue weighted by molar-refractivity contribution is 0.0967. The molecule has 0 bridgehead atoms. The van der Waals surface area contributed by atoms with E-state index in [0.29, 0.717) is 11.3 Å². The molecule has 0 saturated heterocycles. The average molecular weight is 361 g/mol. The molecule has 0 atom stereocenters. The molecule has 0 aliphatic heterocycles. The van der Waals surface area contributed by atoms with Crippen molar-refractivity contribution in [2.24, 2.45) is 0 Å². The van der Waals surface area contributed by atoms with Crippen molar-refractivity contribution in [2.45, 2.75) is 6.42 Å². The fraction of sp³-hybridized carbons (Fsp3) is 0.0667. The van der Waals surface area contributed by atoms with Crippen molar-refractivity contribution >= 4 is 49.0 Å². The molecule has 3 heterocycles. The molecule has 0 saturated carbocycles. The van der Waals surface area contributed by atoms with Crippen LogP contribution in [-0.2, 0) is 6.42 Å². The van der Waals surface area contributed by atoms with Gasteiger partial charge in [0, 0.05) is 23.2 Å². The largest absolute Gasteiger partial charge is 0.452 e. The van der Waals surface area contributed by atoms with Crippen molar-refractivity contribution in [1.29, 1.82) is 0 Å². The van der Waals surface area contributed by atoms with E-state index in [2.05, 4.69) is 20.9 Å². The van der Waals surface area contributed by atoms with Gasteiger partial charge in [-0.25, -0.2) is 4.98 Å². The molecular formula is C15H9BrN2O2S. The van der Waals surface area contributed by atoms with E-state index >= 15 is 0 Å². The Morgan fingerprint density at radius 3 is 3.14 bits per heavy atom. The van der Waals surface area contributed by atoms with Crippen LogP contribution in [0.1, 0.15) is 16.2 Å². The van der Waals surface area contributed by atoms with Gasteiger partial charge in [0.2, 0.25) is 5.78 Å². The molecule has 104 valence electrons. The van der Waals surface area contributed by atoms with Crippen molar-refractivity contribution < 1.29 is 9.21 Å². The fourth-order valence-corrected chi connectivity index (χ4v) is 3.46. The van der Waals surface area contributed by atoms with E-state index in [1.54, 1.807) is 17.4 Å². The first-order chi connectivity index (χ1) is 10.2. The summed E-state index contributed by atoms with van der Waals surface area (Å²) in [4.78, 5) is 17.7. The van der Waals surface area contributed by atoms with Crippen LogP contribution >= 0.6 is 27.3 Å². The molecule has 0 amide bonds. The first-order valence-electron chi connectivity index (χ1n) is 6.33. The number of nitrogens with zero attached hydrogens (tertiary/aromatic N) is 2. The van der Waals surface area contributed by atoms with Crippen molar-refractivity contribution in [3.8, 4) is 0 Å². The number of ketones is 1. The molecule has 4 aromatic rings. The summed E-state index contributed by atoms with van der Waals surface area (Å²) in [5.41, 5.74) is 1.46. The maximum Gasteiger partial charge on any atom is 0.204 e. The zero-order chi connectivity index (χ0) is 14.4. The third-order valence-corrected chi connectivity index (χ3v) is 4.65. The molecule has 6 heteroatoms. The molecule has 0 fully saturated rings. The second-order valence-corrected chi connectivity index (χ2v) is 6.42. The number of hydrogen-bond acceptors (Lipinski definition) is 4. The molecule has 0 unspecified atom stereocenters. The van der Waals surface area contributed by atoms with Crippen LogP contribution in [-0.4, -0.2) is 15.2 Å². The summed E-state index contributed by atoms with van der Waals surface area (Å²) >= 11 is 4.97. The Balaban J connectivity index is 1.66. The number of para-hydroxylation sites is 1. The molecule has 1 aromatic carbocycles. The van der Waals surface area contributed by atoms with Gasteiger partial charge < -0.3 is 4.42 Å². The molecule has 21 heavy (non-hydrogen) atoms. The van der Waals surface area contributed by atoms with Gasteiger partial charge in [0.25, 0.3) is 0 Å². The minimum absolute atomic E-state index is 0.0659. The summed E-state index contributed by atoms with van der Waals surface area (Å²) in [6, 6.07) is 7.51. The zero-order valence-electron chi connectivity index (χ0n) is 10.7. The van der Waals surface area contributed by atoms with Crippen molar-refractivity contribution in [1.82, 2.24) is 9.38 Å². The Morgan fingerprint density at radius 1 is 1.43 bits per heavy atom. The Kier molecular flexibility index (Phi) is 2.94. The summed E-state index contributed by atoms with van der Waals surface area (Å²) in [7, 11) is 0. The van der Waals surface area contributed by atoms with Gasteiger partial charge in [-0.3, -0.25) is 9.20 Å². The number of Topliss-reactive ketones (excluding diaryl/α,β-unsaturated/α-hetero) is 1. The van der Waals surface area contributed by atoms with Crippen LogP contribution in [0.15, 0.2) is 50.9 Å². The van der Waals surface area contributed by atoms with Gasteiger partial charge in [0.15, 0.2) is 10.7 Å². The summed E-state index contributed by atoms with van der Waals surface area (Å²) in [5.74, 6) is 0.303. The first-order valence-corrected chi connectivity index (χ1v) is 8.00. The van der Waals surface area contributed by atoms with Crippen LogP contribution in [0.25, 0.3) is 15.9 Å². The fourth-order valence-electron chi connectivity index (χ4n) is 2.28. The minimum atomic E-state index is -0.0659. The Bertz CT molecular complexity index is 938. The van der Waals surface area contributed by atoms with E-state index in [1.165, 1.54) is 0 Å². The number of furan rings is 1. The SMILES string of the molecule is O=C(Cc1cn2ccsc2n1)c1cc2cccc(Br)c2o1. The highest BCUT2D eigenvalue weighted by Crippen LogP contribution is 2.27. The number of benzene rings is 1. The number of halogens is 1. The van der Waals surface area contributed by atoms with E-state index in [-0.39, 0.29) is 12.2 Å². The van der Waals surface area contributed by atoms with Crippen molar-refractivity contribution in [3.63, 3.8) is 0 Å². The predicted molar refractivity (Wildman–Crippen MR) is 85.0 cm³/mol. The molecule has 0 aliphatic carbocycles. The maximum absolute atomic E-state index is 12.3. The van der Waals surface area contributed by atoms with Crippen LogP contribution in [0.5, 0.6) is 0 Å². The van der Waals surface area contributed by atoms with Crippen molar-refractivity contribution in [3.05, 3.63) is 58.0 Å². The molecule has 0 aliphatic rings. The predicted octanol–water partition coefficient (Wildman–Crippen LogP) is 4.33. The van der Waals surface area contributed by atoms with Crippen LogP contribution in [0.2, 0.25) is 0 Å². The van der Waals surface area contributed by atoms with Gasteiger partial charge in [-0.2, -0.15) is 0 Å². The van der Waals surface area contributed by atoms with Crippen LogP contribution in [0.3, 0.4) is 0 Å². The number of thiazole rings is 1. The standard InChI is InChI=1S/C15H9BrN2O2S/c16-11-3-1-2-9-6-13(20-14(9)11)12(19)7-10-8-18-4-5-21-15(18)17-10/h1-6,8H,7H2. The number of imidazole rings is 1. The monoisotopic (exact) mass is 360 g/mol. The number of carbonyl (C=O) groups excluding carboxylic acids is 1. The second-order valence-electron chi connectivity index (χ2n) is 4.69. The third kappa shape index (κ3) is 2.20. The van der Waals surface area contributed by atoms with Crippen LogP contribution in [0, 0.1) is 0 Å². The second kappa shape index (κ2) is 4.82. The Labute approximate surface area is 132 Å². The smallest absolute Gasteiger partial charge is 0.204 e. The average Bonchev–Trinajstić information content (AvgIpc) is 3.11. The number of carbonyl (C=O) groups is 1. The minimum Gasteiger partial charge on any atom is -0.452 e. The van der Waals surface area contributed by atoms with Gasteiger partial charge in [0.05, 0.1) is 16.6 Å². The summed E-state index contributed by atoms with van der Waals surface area (Å²) in [6.07, 6.45) is 4.05. The van der Waals surface area contributed by atoms with Gasteiger partial charge in [-0.05, 0) is 28.1 Å². The number of rotatable bonds is 3. The topological polar surface area (TPSA) is 47.5 Å². The van der Waals surface area contributed by atoms with E-state index in [4.69, 9.17) is 4.42 Å². The Morgan fingerprint density at radius 2 is 2.33 bits per heavy atom. The van der Waals surface area contributed by atoms with Gasteiger partial charge in [-0.1, -0.05) is 12.1 Å². The van der Waals surface area contributed by atoms with Crippen LogP contribution < -0.4 is 0 Å². The first kappa shape index (κ1) is 12.8.